The first-order valence-electron chi connectivity index (χ1n) is 5.92. The maximum atomic E-state index is 12.2. The summed E-state index contributed by atoms with van der Waals surface area (Å²) < 4.78 is 5.49. The average molecular weight is 284 g/mol. The Hall–Kier alpha value is -1.01. The van der Waals surface area contributed by atoms with E-state index in [9.17, 15) is 4.79 Å². The Morgan fingerprint density at radius 1 is 1.22 bits per heavy atom. The highest BCUT2D eigenvalue weighted by molar-refractivity contribution is 8.06. The summed E-state index contributed by atoms with van der Waals surface area (Å²) in [5.74, 6) is 0.232. The van der Waals surface area contributed by atoms with E-state index in [1.54, 1.807) is 11.8 Å². The van der Waals surface area contributed by atoms with Crippen LogP contribution in [-0.2, 0) is 9.53 Å². The highest BCUT2D eigenvalue weighted by atomic mass is 32.2. The van der Waals surface area contributed by atoms with Gasteiger partial charge in [-0.1, -0.05) is 11.8 Å². The number of rotatable bonds is 2. The Balaban J connectivity index is 2.40. The van der Waals surface area contributed by atoms with Crippen molar-refractivity contribution in [3.63, 3.8) is 0 Å². The van der Waals surface area contributed by atoms with Gasteiger partial charge in [-0.3, -0.25) is 9.69 Å². The van der Waals surface area contributed by atoms with E-state index < -0.39 is 0 Å². The number of amides is 1. The largest absolute Gasteiger partial charge is 0.423 e. The molecule has 1 saturated heterocycles. The molecule has 2 rings (SSSR count). The van der Waals surface area contributed by atoms with Crippen molar-refractivity contribution in [1.82, 2.24) is 9.80 Å². The van der Waals surface area contributed by atoms with Crippen LogP contribution in [0, 0.1) is 0 Å². The zero-order valence-electron chi connectivity index (χ0n) is 10.9. The second kappa shape index (κ2) is 4.93. The summed E-state index contributed by atoms with van der Waals surface area (Å²) >= 11 is 6.65. The van der Waals surface area contributed by atoms with Gasteiger partial charge in [-0.15, -0.1) is 0 Å². The maximum Gasteiger partial charge on any atom is 0.299 e. The van der Waals surface area contributed by atoms with Crippen LogP contribution in [0.2, 0.25) is 0 Å². The molecule has 0 aromatic heterocycles. The van der Waals surface area contributed by atoms with Gasteiger partial charge in [-0.2, -0.15) is 0 Å². The fourth-order valence-electron chi connectivity index (χ4n) is 1.97. The molecule has 2 aliphatic rings. The second-order valence-electron chi connectivity index (χ2n) is 4.04. The highest BCUT2D eigenvalue weighted by Crippen LogP contribution is 2.43. The van der Waals surface area contributed by atoms with E-state index in [1.807, 2.05) is 13.8 Å². The highest BCUT2D eigenvalue weighted by Gasteiger charge is 2.38. The number of likely N-dealkylation sites (N-methyl/N-ethyl adjacent to an activating group) is 1. The smallest absolute Gasteiger partial charge is 0.299 e. The van der Waals surface area contributed by atoms with Crippen LogP contribution in [0.3, 0.4) is 0 Å². The number of nitrogens with zero attached hydrogens (tertiary/aromatic N) is 2. The van der Waals surface area contributed by atoms with Gasteiger partial charge in [0.2, 0.25) is 5.76 Å². The van der Waals surface area contributed by atoms with Gasteiger partial charge in [0.15, 0.2) is 0 Å². The molecule has 0 aromatic rings. The van der Waals surface area contributed by atoms with Crippen LogP contribution >= 0.6 is 24.0 Å². The van der Waals surface area contributed by atoms with Gasteiger partial charge in [0.1, 0.15) is 5.03 Å². The van der Waals surface area contributed by atoms with Crippen LogP contribution in [-0.4, -0.2) is 34.0 Å². The summed E-state index contributed by atoms with van der Waals surface area (Å²) in [5, 5.41) is 1.11. The van der Waals surface area contributed by atoms with Crippen LogP contribution in [0.15, 0.2) is 21.4 Å². The van der Waals surface area contributed by atoms with Crippen molar-refractivity contribution in [2.75, 3.05) is 13.1 Å². The molecule has 0 aliphatic carbocycles. The predicted octanol–water partition coefficient (Wildman–Crippen LogP) is 2.64. The fraction of sp³-hybridized carbons (Fsp3) is 0.500. The number of carbonyl (C=O) groups excluding carboxylic acids is 1. The first-order chi connectivity index (χ1) is 8.51. The molecule has 6 heteroatoms. The standard InChI is InChI=1S/C12H16N2O2S2/c1-5-13-7(3)8(4)18-11(13)9-10(15)14(6-2)12(17)16-9/h5-6H2,1-4H3/b11-9-. The van der Waals surface area contributed by atoms with Crippen LogP contribution in [0.4, 0.5) is 0 Å². The molecule has 0 spiro atoms. The Kier molecular flexibility index (Phi) is 3.68. The van der Waals surface area contributed by atoms with E-state index in [2.05, 4.69) is 18.7 Å². The number of ether oxygens (including phenoxy) is 1. The van der Waals surface area contributed by atoms with Gasteiger partial charge in [0, 0.05) is 23.7 Å². The van der Waals surface area contributed by atoms with E-state index in [0.717, 1.165) is 11.6 Å². The first kappa shape index (κ1) is 13.4. The van der Waals surface area contributed by atoms with Gasteiger partial charge < -0.3 is 9.64 Å². The van der Waals surface area contributed by atoms with E-state index in [4.69, 9.17) is 17.0 Å². The Morgan fingerprint density at radius 3 is 2.33 bits per heavy atom. The lowest BCUT2D eigenvalue weighted by molar-refractivity contribution is -0.122. The lowest BCUT2D eigenvalue weighted by atomic mass is 10.3. The zero-order chi connectivity index (χ0) is 13.4. The molecule has 2 heterocycles. The van der Waals surface area contributed by atoms with Crippen molar-refractivity contribution >= 4 is 35.1 Å². The fourth-order valence-corrected chi connectivity index (χ4v) is 3.41. The van der Waals surface area contributed by atoms with Crippen LogP contribution < -0.4 is 0 Å². The van der Waals surface area contributed by atoms with Crippen LogP contribution in [0.5, 0.6) is 0 Å². The minimum absolute atomic E-state index is 0.133. The van der Waals surface area contributed by atoms with Gasteiger partial charge in [0.25, 0.3) is 11.1 Å². The maximum absolute atomic E-state index is 12.2. The third-order valence-electron chi connectivity index (χ3n) is 3.09. The van der Waals surface area contributed by atoms with Crippen molar-refractivity contribution < 1.29 is 9.53 Å². The molecular formula is C12H16N2O2S2. The van der Waals surface area contributed by atoms with Crippen LogP contribution in [0.1, 0.15) is 27.7 Å². The molecule has 1 amide bonds. The lowest BCUT2D eigenvalue weighted by Crippen LogP contribution is -2.28. The van der Waals surface area contributed by atoms with E-state index in [0.29, 0.717) is 12.3 Å². The number of hydrogen-bond acceptors (Lipinski definition) is 5. The molecule has 0 aromatic carbocycles. The van der Waals surface area contributed by atoms with Gasteiger partial charge in [0.05, 0.1) is 0 Å². The number of thioether (sulfide) groups is 1. The summed E-state index contributed by atoms with van der Waals surface area (Å²) in [5.41, 5.74) is 1.17. The predicted molar refractivity (Wildman–Crippen MR) is 76.4 cm³/mol. The van der Waals surface area contributed by atoms with Crippen molar-refractivity contribution in [1.29, 1.82) is 0 Å². The monoisotopic (exact) mass is 284 g/mol. The lowest BCUT2D eigenvalue weighted by Gasteiger charge is -2.19. The minimum Gasteiger partial charge on any atom is -0.423 e. The summed E-state index contributed by atoms with van der Waals surface area (Å²) in [4.78, 5) is 17.0. The molecule has 0 atom stereocenters. The summed E-state index contributed by atoms with van der Waals surface area (Å²) in [7, 11) is 0. The quantitative estimate of drug-likeness (QED) is 0.575. The zero-order valence-corrected chi connectivity index (χ0v) is 12.6. The molecular weight excluding hydrogens is 268 g/mol. The topological polar surface area (TPSA) is 32.8 Å². The number of hydrogen-bond donors (Lipinski definition) is 0. The van der Waals surface area contributed by atoms with Crippen molar-refractivity contribution in [3.8, 4) is 0 Å². The molecule has 0 N–H and O–H groups in total. The molecule has 98 valence electrons. The molecule has 18 heavy (non-hydrogen) atoms. The Labute approximate surface area is 117 Å². The Morgan fingerprint density at radius 2 is 1.83 bits per heavy atom. The summed E-state index contributed by atoms with van der Waals surface area (Å²) in [6.45, 7) is 9.38. The van der Waals surface area contributed by atoms with Gasteiger partial charge >= 0.3 is 0 Å². The van der Waals surface area contributed by atoms with Crippen LogP contribution in [0.25, 0.3) is 0 Å². The average Bonchev–Trinajstić information content (AvgIpc) is 2.78. The van der Waals surface area contributed by atoms with E-state index >= 15 is 0 Å². The van der Waals surface area contributed by atoms with E-state index in [1.165, 1.54) is 15.5 Å². The summed E-state index contributed by atoms with van der Waals surface area (Å²) in [6, 6.07) is 0. The van der Waals surface area contributed by atoms with Crippen molar-refractivity contribution in [2.45, 2.75) is 27.7 Å². The van der Waals surface area contributed by atoms with Crippen molar-refractivity contribution in [2.24, 2.45) is 0 Å². The minimum atomic E-state index is -0.133. The number of carbonyl (C=O) groups is 1. The van der Waals surface area contributed by atoms with E-state index in [-0.39, 0.29) is 11.1 Å². The molecule has 0 bridgehead atoms. The Bertz CT molecular complexity index is 482. The molecule has 4 nitrogen and oxygen atoms in total. The number of allylic oxidation sites excluding steroid dienone is 2. The molecule has 1 fully saturated rings. The first-order valence-corrected chi connectivity index (χ1v) is 7.14. The number of thiocarbonyl (C=S) groups is 1. The normalized spacial score (nSPS) is 24.4. The molecule has 2 aliphatic heterocycles. The second-order valence-corrected chi connectivity index (χ2v) is 5.59. The SMILES string of the molecule is CCN1C(=O)/C(=C2/SC(C)=C(C)N2CC)OC1=S. The van der Waals surface area contributed by atoms with Gasteiger partial charge in [-0.25, -0.2) is 0 Å². The van der Waals surface area contributed by atoms with Gasteiger partial charge in [-0.05, 0) is 39.9 Å². The molecule has 0 radical (unpaired) electrons. The summed E-state index contributed by atoms with van der Waals surface area (Å²) in [6.07, 6.45) is 0. The molecule has 0 saturated carbocycles. The third kappa shape index (κ3) is 1.93. The third-order valence-corrected chi connectivity index (χ3v) is 4.59. The van der Waals surface area contributed by atoms with Crippen molar-refractivity contribution in [3.05, 3.63) is 21.4 Å². The molecule has 0 unspecified atom stereocenters.